The summed E-state index contributed by atoms with van der Waals surface area (Å²) in [7, 11) is 0. The van der Waals surface area contributed by atoms with Crippen LogP contribution in [-0.4, -0.2) is 0 Å². The van der Waals surface area contributed by atoms with E-state index in [1.807, 2.05) is 0 Å². The topological polar surface area (TPSA) is 0 Å². The summed E-state index contributed by atoms with van der Waals surface area (Å²) >= 11 is 1.30. The van der Waals surface area contributed by atoms with Crippen molar-refractivity contribution >= 4 is 0 Å². The third-order valence-corrected chi connectivity index (χ3v) is 1.35. The standard InChI is InChI=1S/C6H11.Hf/c1-3-5-6-4-2;/h3,5-6H,4H2,1-2H3;. The van der Waals surface area contributed by atoms with Crippen LogP contribution in [0.3, 0.4) is 0 Å². The molecule has 0 aliphatic carbocycles. The molecule has 0 fully saturated rings. The molecule has 0 spiro atoms. The first-order chi connectivity index (χ1) is 3.27. The van der Waals surface area contributed by atoms with E-state index in [0.717, 1.165) is 3.67 Å². The van der Waals surface area contributed by atoms with E-state index in [-0.39, 0.29) is 0 Å². The molecule has 0 radical (unpaired) electrons. The van der Waals surface area contributed by atoms with Crippen molar-refractivity contribution in [2.45, 2.75) is 23.9 Å². The minimum atomic E-state index is 0.861. The first kappa shape index (κ1) is 7.61. The van der Waals surface area contributed by atoms with E-state index in [1.165, 1.54) is 30.8 Å². The van der Waals surface area contributed by atoms with E-state index in [2.05, 4.69) is 26.0 Å². The van der Waals surface area contributed by atoms with Crippen LogP contribution in [0.25, 0.3) is 0 Å². The second kappa shape index (κ2) is 4.76. The van der Waals surface area contributed by atoms with Gasteiger partial charge in [0.2, 0.25) is 0 Å². The van der Waals surface area contributed by atoms with Gasteiger partial charge in [0, 0.05) is 0 Å². The SMILES string of the molecule is CCC=C[CH](C)[Hf]. The fourth-order valence-corrected chi connectivity index (χ4v) is 0.829. The van der Waals surface area contributed by atoms with Crippen molar-refractivity contribution in [1.29, 1.82) is 0 Å². The average Bonchev–Trinajstić information content (AvgIpc) is 1.61. The van der Waals surface area contributed by atoms with Crippen LogP contribution in [0.5, 0.6) is 0 Å². The van der Waals surface area contributed by atoms with Crippen molar-refractivity contribution < 1.29 is 24.4 Å². The molecule has 0 saturated carbocycles. The molecule has 1 unspecified atom stereocenters. The van der Waals surface area contributed by atoms with Crippen LogP contribution in [0.1, 0.15) is 20.3 Å². The zero-order chi connectivity index (χ0) is 5.70. The predicted octanol–water partition coefficient (Wildman–Crippen LogP) is 2.31. The third-order valence-electron chi connectivity index (χ3n) is 0.660. The van der Waals surface area contributed by atoms with Crippen molar-refractivity contribution in [3.8, 4) is 0 Å². The summed E-state index contributed by atoms with van der Waals surface area (Å²) < 4.78 is 0.861. The molecule has 0 N–H and O–H groups in total. The molecule has 0 bridgehead atoms. The Balaban J connectivity index is 3.08. The molecule has 0 aromatic carbocycles. The molecule has 0 aliphatic rings. The quantitative estimate of drug-likeness (QED) is 0.529. The maximum absolute atomic E-state index is 2.28. The zero-order valence-electron chi connectivity index (χ0n) is 4.94. The van der Waals surface area contributed by atoms with E-state index in [0.29, 0.717) is 0 Å². The first-order valence-corrected chi connectivity index (χ1v) is 4.72. The molecule has 1 heteroatoms. The van der Waals surface area contributed by atoms with Gasteiger partial charge in [0.05, 0.1) is 0 Å². The van der Waals surface area contributed by atoms with Gasteiger partial charge in [-0.05, 0) is 0 Å². The van der Waals surface area contributed by atoms with Gasteiger partial charge in [0.25, 0.3) is 0 Å². The van der Waals surface area contributed by atoms with Crippen LogP contribution in [0, 0.1) is 0 Å². The summed E-state index contributed by atoms with van der Waals surface area (Å²) in [5.74, 6) is 0. The molecule has 0 aromatic rings. The summed E-state index contributed by atoms with van der Waals surface area (Å²) in [6.45, 7) is 4.42. The Hall–Kier alpha value is 0.610. The minimum absolute atomic E-state index is 0.861. The third kappa shape index (κ3) is 6.61. The van der Waals surface area contributed by atoms with Crippen LogP contribution in [0.4, 0.5) is 0 Å². The molecule has 0 aliphatic heterocycles. The summed E-state index contributed by atoms with van der Waals surface area (Å²) in [5, 5.41) is 0. The van der Waals surface area contributed by atoms with E-state index in [1.54, 1.807) is 0 Å². The Kier molecular flexibility index (Phi) is 5.18. The fourth-order valence-electron chi connectivity index (χ4n) is 0.340. The second-order valence-corrected chi connectivity index (χ2v) is 4.90. The van der Waals surface area contributed by atoms with Crippen LogP contribution in [0.2, 0.25) is 3.67 Å². The van der Waals surface area contributed by atoms with Gasteiger partial charge < -0.3 is 0 Å². The molecule has 0 aromatic heterocycles. The van der Waals surface area contributed by atoms with Gasteiger partial charge in [-0.1, -0.05) is 0 Å². The normalized spacial score (nSPS) is 15.0. The van der Waals surface area contributed by atoms with Crippen molar-refractivity contribution in [3.63, 3.8) is 0 Å². The Morgan fingerprint density at radius 2 is 2.29 bits per heavy atom. The summed E-state index contributed by atoms with van der Waals surface area (Å²) in [4.78, 5) is 0. The fraction of sp³-hybridized carbons (Fsp3) is 0.667. The van der Waals surface area contributed by atoms with E-state index in [9.17, 15) is 0 Å². The molecule has 0 amide bonds. The van der Waals surface area contributed by atoms with Gasteiger partial charge in [-0.3, -0.25) is 0 Å². The van der Waals surface area contributed by atoms with Crippen molar-refractivity contribution in [2.24, 2.45) is 0 Å². The van der Waals surface area contributed by atoms with Crippen molar-refractivity contribution in [2.75, 3.05) is 0 Å². The van der Waals surface area contributed by atoms with Gasteiger partial charge in [-0.15, -0.1) is 0 Å². The van der Waals surface area contributed by atoms with E-state index in [4.69, 9.17) is 0 Å². The number of rotatable bonds is 2. The monoisotopic (exact) mass is 263 g/mol. The molecule has 1 atom stereocenters. The van der Waals surface area contributed by atoms with Crippen LogP contribution < -0.4 is 0 Å². The van der Waals surface area contributed by atoms with Crippen molar-refractivity contribution in [3.05, 3.63) is 12.2 Å². The number of allylic oxidation sites excluding steroid dienone is 2. The van der Waals surface area contributed by atoms with Crippen molar-refractivity contribution in [1.82, 2.24) is 0 Å². The zero-order valence-corrected chi connectivity index (χ0v) is 8.53. The van der Waals surface area contributed by atoms with Gasteiger partial charge in [0.1, 0.15) is 0 Å². The Morgan fingerprint density at radius 3 is 2.43 bits per heavy atom. The molecule has 0 heterocycles. The summed E-state index contributed by atoms with van der Waals surface area (Å²) in [6.07, 6.45) is 5.70. The Morgan fingerprint density at radius 1 is 1.71 bits per heavy atom. The number of hydrogen-bond acceptors (Lipinski definition) is 0. The molecule has 0 rings (SSSR count). The Labute approximate surface area is 60.6 Å². The molecule has 39 valence electrons. The van der Waals surface area contributed by atoms with Gasteiger partial charge in [0.15, 0.2) is 0 Å². The van der Waals surface area contributed by atoms with E-state index >= 15 is 0 Å². The van der Waals surface area contributed by atoms with Crippen LogP contribution >= 0.6 is 0 Å². The molecular formula is C6H11Hf. The van der Waals surface area contributed by atoms with E-state index < -0.39 is 0 Å². The number of hydrogen-bond donors (Lipinski definition) is 0. The Bertz CT molecular complexity index is 55.2. The maximum atomic E-state index is 2.28. The average molecular weight is 262 g/mol. The molecule has 7 heavy (non-hydrogen) atoms. The summed E-state index contributed by atoms with van der Waals surface area (Å²) in [5.41, 5.74) is 0. The molecular weight excluding hydrogens is 251 g/mol. The summed E-state index contributed by atoms with van der Waals surface area (Å²) in [6, 6.07) is 0. The van der Waals surface area contributed by atoms with Crippen LogP contribution in [-0.2, 0) is 24.4 Å². The van der Waals surface area contributed by atoms with Gasteiger partial charge >= 0.3 is 60.5 Å². The molecule has 0 nitrogen and oxygen atoms in total. The van der Waals surface area contributed by atoms with Gasteiger partial charge in [-0.2, -0.15) is 0 Å². The predicted molar refractivity (Wildman–Crippen MR) is 28.9 cm³/mol. The molecule has 0 saturated heterocycles. The van der Waals surface area contributed by atoms with Gasteiger partial charge in [-0.25, -0.2) is 0 Å². The first-order valence-electron chi connectivity index (χ1n) is 2.65. The second-order valence-electron chi connectivity index (χ2n) is 1.63. The van der Waals surface area contributed by atoms with Crippen LogP contribution in [0.15, 0.2) is 12.2 Å².